The summed E-state index contributed by atoms with van der Waals surface area (Å²) >= 11 is 1.55. The maximum Gasteiger partial charge on any atom is 0.316 e. The lowest BCUT2D eigenvalue weighted by atomic mass is 9.79. The number of carboxylic acid groups (broad SMARTS) is 1. The fraction of sp³-hybridized carbons (Fsp3) is 0.765. The predicted octanol–water partition coefficient (Wildman–Crippen LogP) is 0.700. The van der Waals surface area contributed by atoms with Crippen LogP contribution in [-0.4, -0.2) is 64.6 Å². The first kappa shape index (κ1) is 19.2. The Morgan fingerprint density at radius 2 is 2.04 bits per heavy atom. The first-order valence-electron chi connectivity index (χ1n) is 9.58. The maximum absolute atomic E-state index is 12.8. The van der Waals surface area contributed by atoms with E-state index in [-0.39, 0.29) is 28.0 Å². The number of nitrogens with zero attached hydrogens (tertiary/aromatic N) is 4. The smallest absolute Gasteiger partial charge is 0.316 e. The number of β-lactam (4-membered cyclic amide) rings is 1. The SMILES string of the molecule is CC1(C)SC2C(NC(=O)C(C(=O)O)C3CCCCC3)C(=O)N2C1c1nn[nH]n1. The van der Waals surface area contributed by atoms with Crippen LogP contribution in [0.2, 0.25) is 0 Å². The third-order valence-corrected chi connectivity index (χ3v) is 7.59. The second-order valence-corrected chi connectivity index (χ2v) is 10.0. The summed E-state index contributed by atoms with van der Waals surface area (Å²) < 4.78 is -0.362. The van der Waals surface area contributed by atoms with Crippen LogP contribution in [0, 0.1) is 11.8 Å². The number of nitrogens with one attached hydrogen (secondary N) is 2. The Bertz CT molecular complexity index is 779. The van der Waals surface area contributed by atoms with Gasteiger partial charge < -0.3 is 15.3 Å². The van der Waals surface area contributed by atoms with Gasteiger partial charge in [0.05, 0.1) is 0 Å². The van der Waals surface area contributed by atoms with E-state index in [1.807, 2.05) is 13.8 Å². The van der Waals surface area contributed by atoms with E-state index in [4.69, 9.17) is 0 Å². The lowest BCUT2D eigenvalue weighted by Crippen LogP contribution is -2.68. The molecule has 0 radical (unpaired) electrons. The number of aromatic amines is 1. The summed E-state index contributed by atoms with van der Waals surface area (Å²) in [5, 5.41) is 26.1. The van der Waals surface area contributed by atoms with Crippen molar-refractivity contribution in [2.75, 3.05) is 0 Å². The molecule has 4 rings (SSSR count). The summed E-state index contributed by atoms with van der Waals surface area (Å²) in [7, 11) is 0. The molecule has 3 fully saturated rings. The molecule has 1 aromatic heterocycles. The Hall–Kier alpha value is -2.17. The molecular weight excluding hydrogens is 384 g/mol. The number of fused-ring (bicyclic) bond motifs is 1. The van der Waals surface area contributed by atoms with Gasteiger partial charge in [-0.15, -0.1) is 22.0 Å². The summed E-state index contributed by atoms with van der Waals surface area (Å²) in [5.41, 5.74) is 0. The van der Waals surface area contributed by atoms with Gasteiger partial charge in [-0.3, -0.25) is 14.4 Å². The van der Waals surface area contributed by atoms with Crippen molar-refractivity contribution in [1.82, 2.24) is 30.8 Å². The van der Waals surface area contributed by atoms with Gasteiger partial charge in [0, 0.05) is 4.75 Å². The Morgan fingerprint density at radius 1 is 1.32 bits per heavy atom. The molecule has 2 aliphatic heterocycles. The van der Waals surface area contributed by atoms with Gasteiger partial charge in [0.15, 0.2) is 5.82 Å². The number of thioether (sulfide) groups is 1. The third kappa shape index (κ3) is 3.05. The number of H-pyrrole nitrogens is 1. The Balaban J connectivity index is 1.48. The van der Waals surface area contributed by atoms with Crippen molar-refractivity contribution in [2.45, 2.75) is 68.2 Å². The number of amides is 2. The molecule has 28 heavy (non-hydrogen) atoms. The second-order valence-electron chi connectivity index (χ2n) is 8.23. The number of carboxylic acids is 1. The molecule has 4 unspecified atom stereocenters. The number of aromatic nitrogens is 4. The summed E-state index contributed by atoms with van der Waals surface area (Å²) in [5.74, 6) is -2.74. The van der Waals surface area contributed by atoms with E-state index >= 15 is 0 Å². The molecule has 11 heteroatoms. The molecule has 2 saturated heterocycles. The molecule has 0 bridgehead atoms. The van der Waals surface area contributed by atoms with Crippen LogP contribution in [0.5, 0.6) is 0 Å². The van der Waals surface area contributed by atoms with Crippen molar-refractivity contribution in [3.63, 3.8) is 0 Å². The van der Waals surface area contributed by atoms with E-state index in [1.54, 1.807) is 16.7 Å². The monoisotopic (exact) mass is 408 g/mol. The minimum absolute atomic E-state index is 0.169. The average molecular weight is 408 g/mol. The van der Waals surface area contributed by atoms with Crippen LogP contribution in [0.25, 0.3) is 0 Å². The highest BCUT2D eigenvalue weighted by molar-refractivity contribution is 8.01. The fourth-order valence-electron chi connectivity index (χ4n) is 4.69. The van der Waals surface area contributed by atoms with Crippen LogP contribution in [-0.2, 0) is 14.4 Å². The predicted molar refractivity (Wildman–Crippen MR) is 98.9 cm³/mol. The van der Waals surface area contributed by atoms with E-state index < -0.39 is 23.8 Å². The van der Waals surface area contributed by atoms with Gasteiger partial charge >= 0.3 is 5.97 Å². The van der Waals surface area contributed by atoms with Crippen molar-refractivity contribution in [2.24, 2.45) is 11.8 Å². The summed E-state index contributed by atoms with van der Waals surface area (Å²) in [4.78, 5) is 39.0. The summed E-state index contributed by atoms with van der Waals surface area (Å²) in [6.45, 7) is 3.98. The number of carbonyl (C=O) groups excluding carboxylic acids is 2. The zero-order valence-electron chi connectivity index (χ0n) is 15.8. The number of tetrazole rings is 1. The van der Waals surface area contributed by atoms with Crippen molar-refractivity contribution < 1.29 is 19.5 Å². The molecule has 2 amide bonds. The molecule has 1 saturated carbocycles. The highest BCUT2D eigenvalue weighted by Crippen LogP contribution is 2.56. The summed E-state index contributed by atoms with van der Waals surface area (Å²) in [6, 6.07) is -1.07. The normalized spacial score (nSPS) is 30.4. The van der Waals surface area contributed by atoms with Gasteiger partial charge in [-0.1, -0.05) is 24.5 Å². The molecule has 3 N–H and O–H groups in total. The zero-order chi connectivity index (χ0) is 20.1. The zero-order valence-corrected chi connectivity index (χ0v) is 16.6. The molecule has 10 nitrogen and oxygen atoms in total. The van der Waals surface area contributed by atoms with E-state index in [0.717, 1.165) is 32.1 Å². The first-order valence-corrected chi connectivity index (χ1v) is 10.5. The fourth-order valence-corrected chi connectivity index (χ4v) is 6.32. The molecular formula is C17H24N6O4S. The number of hydrogen-bond donors (Lipinski definition) is 3. The number of carbonyl (C=O) groups is 3. The highest BCUT2D eigenvalue weighted by Gasteiger charge is 2.63. The molecule has 3 aliphatic rings. The van der Waals surface area contributed by atoms with E-state index in [2.05, 4.69) is 25.9 Å². The molecule has 152 valence electrons. The first-order chi connectivity index (χ1) is 13.3. The van der Waals surface area contributed by atoms with Crippen LogP contribution in [0.3, 0.4) is 0 Å². The Kier molecular flexibility index (Phi) is 4.80. The topological polar surface area (TPSA) is 141 Å². The van der Waals surface area contributed by atoms with Crippen molar-refractivity contribution in [1.29, 1.82) is 0 Å². The van der Waals surface area contributed by atoms with Crippen LogP contribution in [0.15, 0.2) is 0 Å². The molecule has 0 aromatic carbocycles. The van der Waals surface area contributed by atoms with Crippen molar-refractivity contribution in [3.05, 3.63) is 5.82 Å². The van der Waals surface area contributed by atoms with E-state index in [9.17, 15) is 19.5 Å². The number of hydrogen-bond acceptors (Lipinski definition) is 7. The summed E-state index contributed by atoms with van der Waals surface area (Å²) in [6.07, 6.45) is 4.43. The Labute approximate surface area is 166 Å². The number of rotatable bonds is 5. The van der Waals surface area contributed by atoms with E-state index in [0.29, 0.717) is 5.82 Å². The minimum Gasteiger partial charge on any atom is -0.481 e. The van der Waals surface area contributed by atoms with Gasteiger partial charge in [-0.05, 0) is 32.6 Å². The molecule has 1 aromatic rings. The Morgan fingerprint density at radius 3 is 2.64 bits per heavy atom. The average Bonchev–Trinajstić information content (AvgIpc) is 3.24. The molecule has 0 spiro atoms. The van der Waals surface area contributed by atoms with Crippen molar-refractivity contribution in [3.8, 4) is 0 Å². The molecule has 1 aliphatic carbocycles. The standard InChI is InChI=1S/C17H24N6O4S/c1-17(2)11(12-19-21-22-20-12)23-14(25)10(15(23)28-17)18-13(24)9(16(26)27)8-6-4-3-5-7-8/h8-11,15H,3-7H2,1-2H3,(H,18,24)(H,26,27)(H,19,20,21,22). The second kappa shape index (κ2) is 7.02. The van der Waals surface area contributed by atoms with Gasteiger partial charge in [0.25, 0.3) is 0 Å². The molecule has 3 heterocycles. The largest absolute Gasteiger partial charge is 0.481 e. The maximum atomic E-state index is 12.8. The quantitative estimate of drug-likeness (QED) is 0.477. The van der Waals surface area contributed by atoms with Crippen LogP contribution < -0.4 is 5.32 Å². The van der Waals surface area contributed by atoms with Gasteiger partial charge in [0.2, 0.25) is 11.8 Å². The minimum atomic E-state index is -1.11. The van der Waals surface area contributed by atoms with Gasteiger partial charge in [0.1, 0.15) is 23.4 Å². The molecule has 4 atom stereocenters. The van der Waals surface area contributed by atoms with Crippen LogP contribution in [0.4, 0.5) is 0 Å². The number of aliphatic carboxylic acids is 1. The third-order valence-electron chi connectivity index (χ3n) is 6.01. The van der Waals surface area contributed by atoms with Crippen LogP contribution >= 0.6 is 11.8 Å². The lowest BCUT2D eigenvalue weighted by molar-refractivity contribution is -0.157. The van der Waals surface area contributed by atoms with Crippen molar-refractivity contribution >= 4 is 29.5 Å². The van der Waals surface area contributed by atoms with Gasteiger partial charge in [-0.25, -0.2) is 0 Å². The lowest BCUT2D eigenvalue weighted by Gasteiger charge is -2.44. The highest BCUT2D eigenvalue weighted by atomic mass is 32.2. The van der Waals surface area contributed by atoms with Gasteiger partial charge in [-0.2, -0.15) is 5.21 Å². The van der Waals surface area contributed by atoms with E-state index in [1.165, 1.54) is 0 Å². The van der Waals surface area contributed by atoms with Crippen LogP contribution in [0.1, 0.15) is 57.8 Å².